The van der Waals surface area contributed by atoms with E-state index in [9.17, 15) is 0 Å². The van der Waals surface area contributed by atoms with E-state index >= 15 is 0 Å². The Morgan fingerprint density at radius 2 is 2.05 bits per heavy atom. The van der Waals surface area contributed by atoms with Gasteiger partial charge in [-0.1, -0.05) is 13.8 Å². The molecule has 0 aromatic carbocycles. The number of hydrogen-bond acceptors (Lipinski definition) is 3. The lowest BCUT2D eigenvalue weighted by Crippen LogP contribution is -2.60. The van der Waals surface area contributed by atoms with Crippen LogP contribution in [-0.2, 0) is 4.74 Å². The molecule has 0 radical (unpaired) electrons. The van der Waals surface area contributed by atoms with Crippen LogP contribution in [0.1, 0.15) is 47.5 Å². The van der Waals surface area contributed by atoms with Crippen LogP contribution in [0, 0.1) is 11.8 Å². The van der Waals surface area contributed by atoms with Crippen LogP contribution in [0.25, 0.3) is 0 Å². The van der Waals surface area contributed by atoms with E-state index in [1.165, 1.54) is 19.4 Å². The fourth-order valence-corrected chi connectivity index (χ4v) is 3.58. The summed E-state index contributed by atoms with van der Waals surface area (Å²) in [5, 5.41) is 3.63. The van der Waals surface area contributed by atoms with E-state index in [4.69, 9.17) is 4.74 Å². The van der Waals surface area contributed by atoms with Crippen molar-refractivity contribution in [2.24, 2.45) is 11.8 Å². The minimum absolute atomic E-state index is 0.0170. The minimum atomic E-state index is 0.0170. The summed E-state index contributed by atoms with van der Waals surface area (Å²) in [6, 6.07) is 0.783. The predicted octanol–water partition coefficient (Wildman–Crippen LogP) is 2.51. The Bertz CT molecular complexity index is 290. The van der Waals surface area contributed by atoms with Crippen LogP contribution in [0.3, 0.4) is 0 Å². The summed E-state index contributed by atoms with van der Waals surface area (Å²) in [5.41, 5.74) is 0.0170. The minimum Gasteiger partial charge on any atom is -0.370 e. The van der Waals surface area contributed by atoms with E-state index in [2.05, 4.69) is 44.8 Å². The molecule has 3 unspecified atom stereocenters. The smallest absolute Gasteiger partial charge is 0.0757 e. The zero-order chi connectivity index (χ0) is 14.0. The van der Waals surface area contributed by atoms with Crippen molar-refractivity contribution in [3.63, 3.8) is 0 Å². The van der Waals surface area contributed by atoms with Gasteiger partial charge < -0.3 is 10.1 Å². The molecule has 112 valence electrons. The molecule has 1 heterocycles. The van der Waals surface area contributed by atoms with Crippen molar-refractivity contribution in [2.45, 2.75) is 65.2 Å². The van der Waals surface area contributed by atoms with Gasteiger partial charge in [0.15, 0.2) is 0 Å². The third-order valence-electron chi connectivity index (χ3n) is 4.40. The first-order valence-corrected chi connectivity index (χ1v) is 8.00. The van der Waals surface area contributed by atoms with Crippen LogP contribution in [0.2, 0.25) is 0 Å². The first kappa shape index (κ1) is 15.3. The van der Waals surface area contributed by atoms with Crippen LogP contribution < -0.4 is 5.32 Å². The van der Waals surface area contributed by atoms with Crippen LogP contribution in [-0.4, -0.2) is 48.8 Å². The quantitative estimate of drug-likeness (QED) is 0.829. The monoisotopic (exact) mass is 268 g/mol. The van der Waals surface area contributed by atoms with Gasteiger partial charge in [-0.05, 0) is 58.5 Å². The Morgan fingerprint density at radius 1 is 1.32 bits per heavy atom. The van der Waals surface area contributed by atoms with Crippen molar-refractivity contribution >= 4 is 0 Å². The molecule has 1 aliphatic carbocycles. The molecule has 2 fully saturated rings. The van der Waals surface area contributed by atoms with Crippen molar-refractivity contribution in [2.75, 3.05) is 26.2 Å². The summed E-state index contributed by atoms with van der Waals surface area (Å²) in [4.78, 5) is 2.68. The SMILES string of the molecule is CC(C)CNCC1CCC1N1CC(C)OC(C)(C)C1. The summed E-state index contributed by atoms with van der Waals surface area (Å²) in [6.45, 7) is 15.7. The number of hydrogen-bond donors (Lipinski definition) is 1. The van der Waals surface area contributed by atoms with Gasteiger partial charge in [0, 0.05) is 19.1 Å². The normalized spacial score (nSPS) is 35.4. The molecule has 2 aliphatic rings. The first-order valence-electron chi connectivity index (χ1n) is 8.00. The van der Waals surface area contributed by atoms with Crippen molar-refractivity contribution in [3.05, 3.63) is 0 Å². The molecule has 0 amide bonds. The predicted molar refractivity (Wildman–Crippen MR) is 80.4 cm³/mol. The third kappa shape index (κ3) is 4.17. The standard InChI is InChI=1S/C16H32N2O/c1-12(2)8-17-9-14-6-7-15(14)18-10-13(3)19-16(4,5)11-18/h12-15,17H,6-11H2,1-5H3. The average molecular weight is 268 g/mol. The highest BCUT2D eigenvalue weighted by Gasteiger charge is 2.41. The topological polar surface area (TPSA) is 24.5 Å². The molecule has 3 heteroatoms. The van der Waals surface area contributed by atoms with Gasteiger partial charge in [0.1, 0.15) is 0 Å². The Kier molecular flexibility index (Phi) is 4.91. The van der Waals surface area contributed by atoms with Gasteiger partial charge in [-0.25, -0.2) is 0 Å². The highest BCUT2D eigenvalue weighted by Crippen LogP contribution is 2.35. The Hall–Kier alpha value is -0.120. The van der Waals surface area contributed by atoms with Crippen molar-refractivity contribution in [3.8, 4) is 0 Å². The van der Waals surface area contributed by atoms with E-state index in [1.54, 1.807) is 0 Å². The zero-order valence-corrected chi connectivity index (χ0v) is 13.4. The molecule has 19 heavy (non-hydrogen) atoms. The van der Waals surface area contributed by atoms with Crippen molar-refractivity contribution in [1.82, 2.24) is 10.2 Å². The third-order valence-corrected chi connectivity index (χ3v) is 4.40. The molecule has 0 bridgehead atoms. The second-order valence-corrected chi connectivity index (χ2v) is 7.57. The Labute approximate surface area is 119 Å². The fraction of sp³-hybridized carbons (Fsp3) is 1.00. The summed E-state index contributed by atoms with van der Waals surface area (Å²) in [7, 11) is 0. The second kappa shape index (κ2) is 6.11. The summed E-state index contributed by atoms with van der Waals surface area (Å²) in [5.74, 6) is 1.60. The number of rotatable bonds is 5. The fourth-order valence-electron chi connectivity index (χ4n) is 3.58. The van der Waals surface area contributed by atoms with E-state index in [1.807, 2.05) is 0 Å². The first-order chi connectivity index (χ1) is 8.87. The molecule has 2 rings (SSSR count). The van der Waals surface area contributed by atoms with Gasteiger partial charge >= 0.3 is 0 Å². The number of ether oxygens (including phenoxy) is 1. The van der Waals surface area contributed by atoms with Gasteiger partial charge in [-0.2, -0.15) is 0 Å². The lowest BCUT2D eigenvalue weighted by molar-refractivity contribution is -0.151. The molecule has 0 spiro atoms. The van der Waals surface area contributed by atoms with Gasteiger partial charge in [-0.15, -0.1) is 0 Å². The molecule has 0 aromatic heterocycles. The lowest BCUT2D eigenvalue weighted by atomic mass is 9.77. The lowest BCUT2D eigenvalue weighted by Gasteiger charge is -2.51. The molecule has 1 saturated carbocycles. The highest BCUT2D eigenvalue weighted by atomic mass is 16.5. The maximum Gasteiger partial charge on any atom is 0.0757 e. The molecule has 1 aliphatic heterocycles. The average Bonchev–Trinajstić information content (AvgIpc) is 2.19. The summed E-state index contributed by atoms with van der Waals surface area (Å²) < 4.78 is 6.01. The van der Waals surface area contributed by atoms with Gasteiger partial charge in [-0.3, -0.25) is 4.90 Å². The van der Waals surface area contributed by atoms with Gasteiger partial charge in [0.2, 0.25) is 0 Å². The van der Waals surface area contributed by atoms with E-state index in [-0.39, 0.29) is 5.60 Å². The molecule has 3 atom stereocenters. The molecule has 1 N–H and O–H groups in total. The molecular weight excluding hydrogens is 236 g/mol. The molecular formula is C16H32N2O. The molecule has 0 aromatic rings. The van der Waals surface area contributed by atoms with Crippen molar-refractivity contribution in [1.29, 1.82) is 0 Å². The van der Waals surface area contributed by atoms with E-state index < -0.39 is 0 Å². The Morgan fingerprint density at radius 3 is 2.58 bits per heavy atom. The summed E-state index contributed by atoms with van der Waals surface area (Å²) >= 11 is 0. The van der Waals surface area contributed by atoms with E-state index in [0.717, 1.165) is 37.5 Å². The molecule has 3 nitrogen and oxygen atoms in total. The van der Waals surface area contributed by atoms with Crippen LogP contribution >= 0.6 is 0 Å². The van der Waals surface area contributed by atoms with Crippen LogP contribution in [0.15, 0.2) is 0 Å². The number of nitrogens with zero attached hydrogens (tertiary/aromatic N) is 1. The highest BCUT2D eigenvalue weighted by molar-refractivity contribution is 4.95. The maximum absolute atomic E-state index is 6.01. The maximum atomic E-state index is 6.01. The van der Waals surface area contributed by atoms with Crippen LogP contribution in [0.5, 0.6) is 0 Å². The Balaban J connectivity index is 1.81. The number of morpholine rings is 1. The summed E-state index contributed by atoms with van der Waals surface area (Å²) in [6.07, 6.45) is 3.13. The van der Waals surface area contributed by atoms with E-state index in [0.29, 0.717) is 6.10 Å². The van der Waals surface area contributed by atoms with Gasteiger partial charge in [0.25, 0.3) is 0 Å². The molecule has 1 saturated heterocycles. The number of nitrogens with one attached hydrogen (secondary N) is 1. The van der Waals surface area contributed by atoms with Crippen LogP contribution in [0.4, 0.5) is 0 Å². The zero-order valence-electron chi connectivity index (χ0n) is 13.4. The van der Waals surface area contributed by atoms with Gasteiger partial charge in [0.05, 0.1) is 11.7 Å². The second-order valence-electron chi connectivity index (χ2n) is 7.57. The van der Waals surface area contributed by atoms with Crippen molar-refractivity contribution < 1.29 is 4.74 Å². The largest absolute Gasteiger partial charge is 0.370 e.